The number of aryl methyl sites for hydroxylation is 1. The minimum Gasteiger partial charge on any atom is -0.296 e. The summed E-state index contributed by atoms with van der Waals surface area (Å²) in [4.78, 5) is 29.9. The number of amides is 1. The van der Waals surface area contributed by atoms with Crippen molar-refractivity contribution < 1.29 is 4.79 Å². The lowest BCUT2D eigenvalue weighted by atomic mass is 10.2. The maximum Gasteiger partial charge on any atom is 0.277 e. The van der Waals surface area contributed by atoms with Crippen molar-refractivity contribution >= 4 is 45.3 Å². The Morgan fingerprint density at radius 2 is 2.25 bits per heavy atom. The van der Waals surface area contributed by atoms with Crippen molar-refractivity contribution in [3.63, 3.8) is 0 Å². The van der Waals surface area contributed by atoms with Crippen molar-refractivity contribution in [1.29, 1.82) is 0 Å². The number of thiophene rings is 1. The summed E-state index contributed by atoms with van der Waals surface area (Å²) in [5.74, 6) is -0.340. The predicted octanol–water partition coefficient (Wildman–Crippen LogP) is 4.86. The maximum atomic E-state index is 12.5. The number of nitrogens with one attached hydrogen (secondary N) is 1. The minimum atomic E-state index is -0.340. The largest absolute Gasteiger partial charge is 0.296 e. The number of hydrogen-bond acceptors (Lipinski definition) is 7. The van der Waals surface area contributed by atoms with Gasteiger partial charge in [0.15, 0.2) is 5.13 Å². The van der Waals surface area contributed by atoms with Crippen LogP contribution in [0, 0.1) is 6.92 Å². The first-order valence-corrected chi connectivity index (χ1v) is 11.1. The van der Waals surface area contributed by atoms with Gasteiger partial charge >= 0.3 is 0 Å². The average Bonchev–Trinajstić information content (AvgIpc) is 3.37. The molecule has 146 valence electrons. The van der Waals surface area contributed by atoms with E-state index < -0.39 is 0 Å². The van der Waals surface area contributed by atoms with Crippen LogP contribution in [-0.2, 0) is 6.54 Å². The molecule has 0 aliphatic carbocycles. The summed E-state index contributed by atoms with van der Waals surface area (Å²) in [5.41, 5.74) is 2.39. The summed E-state index contributed by atoms with van der Waals surface area (Å²) in [7, 11) is 0. The molecule has 1 atom stereocenters. The topological polar surface area (TPSA) is 71.0 Å². The first-order valence-electron chi connectivity index (χ1n) is 9.08. The van der Waals surface area contributed by atoms with Crippen molar-refractivity contribution in [2.75, 3.05) is 11.9 Å². The molecule has 1 N–H and O–H groups in total. The molecule has 0 saturated carbocycles. The van der Waals surface area contributed by atoms with E-state index in [2.05, 4.69) is 45.5 Å². The van der Waals surface area contributed by atoms with Crippen LogP contribution in [0.5, 0.6) is 0 Å². The van der Waals surface area contributed by atoms with Crippen LogP contribution < -0.4 is 5.32 Å². The highest BCUT2D eigenvalue weighted by Gasteiger charge is 2.24. The number of rotatable bonds is 5. The second-order valence-electron chi connectivity index (χ2n) is 6.92. The molecule has 0 bridgehead atoms. The van der Waals surface area contributed by atoms with E-state index in [9.17, 15) is 4.79 Å². The van der Waals surface area contributed by atoms with Crippen molar-refractivity contribution in [3.8, 4) is 10.6 Å². The van der Waals surface area contributed by atoms with Gasteiger partial charge in [-0.1, -0.05) is 22.9 Å². The molecule has 9 heteroatoms. The molecular formula is C19H20ClN5OS2. The number of carbonyl (C=O) groups is 1. The molecule has 1 amide bonds. The van der Waals surface area contributed by atoms with Gasteiger partial charge in [0.1, 0.15) is 10.8 Å². The SMILES string of the molecule is Cc1csc(-c2nc(NC(=O)c3cnc(Cl)cn3)sc2CN2CCC[C@H]2C)c1. The molecule has 0 radical (unpaired) electrons. The van der Waals surface area contributed by atoms with Gasteiger partial charge in [-0.25, -0.2) is 15.0 Å². The first kappa shape index (κ1) is 19.4. The Morgan fingerprint density at radius 1 is 1.39 bits per heavy atom. The van der Waals surface area contributed by atoms with E-state index in [1.807, 2.05) is 0 Å². The number of anilines is 1. The Morgan fingerprint density at radius 3 is 2.89 bits per heavy atom. The van der Waals surface area contributed by atoms with Gasteiger partial charge in [-0.3, -0.25) is 15.0 Å². The Kier molecular flexibility index (Phi) is 5.73. The molecule has 1 aliphatic heterocycles. The molecule has 3 aromatic rings. The number of hydrogen-bond donors (Lipinski definition) is 1. The molecule has 4 rings (SSSR count). The summed E-state index contributed by atoms with van der Waals surface area (Å²) in [6.07, 6.45) is 5.18. The lowest BCUT2D eigenvalue weighted by Gasteiger charge is -2.20. The second-order valence-corrected chi connectivity index (χ2v) is 9.30. The number of aromatic nitrogens is 3. The fourth-order valence-electron chi connectivity index (χ4n) is 3.26. The highest BCUT2D eigenvalue weighted by molar-refractivity contribution is 7.17. The molecule has 0 aromatic carbocycles. The van der Waals surface area contributed by atoms with E-state index in [1.54, 1.807) is 11.3 Å². The fourth-order valence-corrected chi connectivity index (χ4v) is 5.34. The number of halogens is 1. The third-order valence-corrected chi connectivity index (χ3v) is 6.98. The van der Waals surface area contributed by atoms with Crippen molar-refractivity contribution in [3.05, 3.63) is 45.1 Å². The van der Waals surface area contributed by atoms with Crippen LogP contribution in [0.15, 0.2) is 23.8 Å². The average molecular weight is 434 g/mol. The summed E-state index contributed by atoms with van der Waals surface area (Å²) >= 11 is 8.95. The summed E-state index contributed by atoms with van der Waals surface area (Å²) in [6.45, 7) is 6.30. The molecule has 3 aromatic heterocycles. The third kappa shape index (κ3) is 4.25. The Hall–Kier alpha value is -1.87. The van der Waals surface area contributed by atoms with Crippen molar-refractivity contribution in [1.82, 2.24) is 19.9 Å². The Balaban J connectivity index is 1.60. The van der Waals surface area contributed by atoms with Crippen LogP contribution in [-0.4, -0.2) is 38.3 Å². The molecular weight excluding hydrogens is 414 g/mol. The monoisotopic (exact) mass is 433 g/mol. The molecule has 1 aliphatic rings. The van der Waals surface area contributed by atoms with Crippen LogP contribution in [0.2, 0.25) is 5.15 Å². The van der Waals surface area contributed by atoms with E-state index >= 15 is 0 Å². The summed E-state index contributed by atoms with van der Waals surface area (Å²) < 4.78 is 0. The summed E-state index contributed by atoms with van der Waals surface area (Å²) in [5, 5.41) is 5.81. The zero-order valence-corrected chi connectivity index (χ0v) is 18.0. The van der Waals surface area contributed by atoms with Gasteiger partial charge in [-0.15, -0.1) is 11.3 Å². The lowest BCUT2D eigenvalue weighted by Crippen LogP contribution is -2.25. The Labute approximate surface area is 176 Å². The van der Waals surface area contributed by atoms with Gasteiger partial charge in [-0.05, 0) is 50.2 Å². The van der Waals surface area contributed by atoms with Gasteiger partial charge in [0, 0.05) is 17.5 Å². The Bertz CT molecular complexity index is 985. The van der Waals surface area contributed by atoms with Crippen molar-refractivity contribution in [2.24, 2.45) is 0 Å². The van der Waals surface area contributed by atoms with E-state index in [0.717, 1.165) is 23.7 Å². The smallest absolute Gasteiger partial charge is 0.277 e. The zero-order chi connectivity index (χ0) is 19.7. The standard InChI is InChI=1S/C19H20ClN5OS2/c1-11-6-14(27-10-11)17-15(9-25-5-3-4-12(25)2)28-19(23-17)24-18(26)13-7-22-16(20)8-21-13/h6-8,10,12H,3-5,9H2,1-2H3,(H,23,24,26)/t12-/m1/s1. The van der Waals surface area contributed by atoms with Crippen LogP contribution in [0.25, 0.3) is 10.6 Å². The second kappa shape index (κ2) is 8.24. The number of thiazole rings is 1. The van der Waals surface area contributed by atoms with Crippen molar-refractivity contribution in [2.45, 2.75) is 39.3 Å². The van der Waals surface area contributed by atoms with Gasteiger partial charge < -0.3 is 0 Å². The molecule has 1 fully saturated rings. The molecule has 0 unspecified atom stereocenters. The normalized spacial score (nSPS) is 17.2. The molecule has 1 saturated heterocycles. The summed E-state index contributed by atoms with van der Waals surface area (Å²) in [6, 6.07) is 2.72. The van der Waals surface area contributed by atoms with Crippen LogP contribution in [0.3, 0.4) is 0 Å². The van der Waals surface area contributed by atoms with E-state index in [1.165, 1.54) is 47.0 Å². The zero-order valence-electron chi connectivity index (χ0n) is 15.6. The molecule has 4 heterocycles. The van der Waals surface area contributed by atoms with E-state index in [0.29, 0.717) is 11.2 Å². The van der Waals surface area contributed by atoms with Crippen LogP contribution in [0.4, 0.5) is 5.13 Å². The highest BCUT2D eigenvalue weighted by Crippen LogP contribution is 2.36. The third-order valence-electron chi connectivity index (χ3n) is 4.77. The highest BCUT2D eigenvalue weighted by atomic mass is 35.5. The van der Waals surface area contributed by atoms with Crippen LogP contribution >= 0.6 is 34.3 Å². The molecule has 6 nitrogen and oxygen atoms in total. The molecule has 28 heavy (non-hydrogen) atoms. The lowest BCUT2D eigenvalue weighted by molar-refractivity contribution is 0.102. The first-order chi connectivity index (χ1) is 13.5. The van der Waals surface area contributed by atoms with Gasteiger partial charge in [-0.2, -0.15) is 0 Å². The molecule has 0 spiro atoms. The maximum absolute atomic E-state index is 12.5. The van der Waals surface area contributed by atoms with Crippen LogP contribution in [0.1, 0.15) is 40.7 Å². The van der Waals surface area contributed by atoms with Gasteiger partial charge in [0.25, 0.3) is 5.91 Å². The number of nitrogens with zero attached hydrogens (tertiary/aromatic N) is 4. The van der Waals surface area contributed by atoms with Gasteiger partial charge in [0.2, 0.25) is 0 Å². The fraction of sp³-hybridized carbons (Fsp3) is 0.368. The van der Waals surface area contributed by atoms with E-state index in [-0.39, 0.29) is 16.8 Å². The quantitative estimate of drug-likeness (QED) is 0.622. The minimum absolute atomic E-state index is 0.211. The number of carbonyl (C=O) groups excluding carboxylic acids is 1. The predicted molar refractivity (Wildman–Crippen MR) is 114 cm³/mol. The number of likely N-dealkylation sites (tertiary alicyclic amines) is 1. The van der Waals surface area contributed by atoms with E-state index in [4.69, 9.17) is 16.6 Å². The van der Waals surface area contributed by atoms with Gasteiger partial charge in [0.05, 0.1) is 23.0 Å².